The number of hydrogen-bond acceptors (Lipinski definition) is 2. The van der Waals surface area contributed by atoms with Crippen molar-refractivity contribution >= 4 is 5.78 Å². The van der Waals surface area contributed by atoms with Gasteiger partial charge in [0.15, 0.2) is 0 Å². The first-order chi connectivity index (χ1) is 7.47. The molecule has 1 N–H and O–H groups in total. The lowest BCUT2D eigenvalue weighted by Gasteiger charge is -2.20. The number of ketones is 1. The van der Waals surface area contributed by atoms with Gasteiger partial charge in [-0.05, 0) is 26.3 Å². The average molecular weight is 219 g/mol. The Balaban J connectivity index is 2.27. The second kappa shape index (κ2) is 5.80. The van der Waals surface area contributed by atoms with Crippen LogP contribution in [0.5, 0.6) is 0 Å². The fourth-order valence-corrected chi connectivity index (χ4v) is 1.49. The van der Waals surface area contributed by atoms with Crippen LogP contribution in [0.15, 0.2) is 30.3 Å². The molecule has 0 aliphatic heterocycles. The molecule has 0 atom stereocenters. The van der Waals surface area contributed by atoms with Crippen molar-refractivity contribution in [1.82, 2.24) is 5.32 Å². The van der Waals surface area contributed by atoms with Gasteiger partial charge in [-0.15, -0.1) is 0 Å². The molecule has 0 heterocycles. The smallest absolute Gasteiger partial charge is 0.138 e. The summed E-state index contributed by atoms with van der Waals surface area (Å²) in [5.41, 5.74) is 1.19. The monoisotopic (exact) mass is 219 g/mol. The maximum Gasteiger partial charge on any atom is 0.138 e. The van der Waals surface area contributed by atoms with E-state index in [1.165, 1.54) is 0 Å². The molecule has 16 heavy (non-hydrogen) atoms. The highest BCUT2D eigenvalue weighted by Crippen LogP contribution is 2.03. The van der Waals surface area contributed by atoms with E-state index in [-0.39, 0.29) is 5.54 Å². The first kappa shape index (κ1) is 12.9. The van der Waals surface area contributed by atoms with Crippen LogP contribution in [-0.2, 0) is 11.2 Å². The SMILES string of the molecule is CC(C)(C)NCCC(=O)Cc1ccccc1. The lowest BCUT2D eigenvalue weighted by Crippen LogP contribution is -2.37. The second-order valence-electron chi connectivity index (χ2n) is 5.13. The van der Waals surface area contributed by atoms with Crippen molar-refractivity contribution in [1.29, 1.82) is 0 Å². The molecule has 0 saturated heterocycles. The molecule has 2 nitrogen and oxygen atoms in total. The molecule has 0 amide bonds. The fourth-order valence-electron chi connectivity index (χ4n) is 1.49. The van der Waals surface area contributed by atoms with Crippen LogP contribution >= 0.6 is 0 Å². The summed E-state index contributed by atoms with van der Waals surface area (Å²) >= 11 is 0. The first-order valence-electron chi connectivity index (χ1n) is 5.78. The van der Waals surface area contributed by atoms with Crippen molar-refractivity contribution in [2.24, 2.45) is 0 Å². The number of Topliss-reactive ketones (excluding diaryl/α,β-unsaturated/α-hetero) is 1. The third-order valence-electron chi connectivity index (χ3n) is 2.30. The van der Waals surface area contributed by atoms with Crippen LogP contribution in [0.2, 0.25) is 0 Å². The summed E-state index contributed by atoms with van der Waals surface area (Å²) in [7, 11) is 0. The molecule has 2 heteroatoms. The Kier molecular flexibility index (Phi) is 4.69. The highest BCUT2D eigenvalue weighted by molar-refractivity contribution is 5.80. The van der Waals surface area contributed by atoms with E-state index in [1.807, 2.05) is 30.3 Å². The predicted molar refractivity (Wildman–Crippen MR) is 67.5 cm³/mol. The van der Waals surface area contributed by atoms with Gasteiger partial charge in [-0.2, -0.15) is 0 Å². The van der Waals surface area contributed by atoms with Crippen molar-refractivity contribution in [2.75, 3.05) is 6.54 Å². The molecule has 1 rings (SSSR count). The second-order valence-corrected chi connectivity index (χ2v) is 5.13. The minimum atomic E-state index is 0.0903. The molecule has 0 aliphatic rings. The van der Waals surface area contributed by atoms with Crippen LogP contribution in [0, 0.1) is 0 Å². The Hall–Kier alpha value is -1.15. The van der Waals surface area contributed by atoms with Gasteiger partial charge in [-0.25, -0.2) is 0 Å². The standard InChI is InChI=1S/C14H21NO/c1-14(2,3)15-10-9-13(16)11-12-7-5-4-6-8-12/h4-8,15H,9-11H2,1-3H3. The van der Waals surface area contributed by atoms with E-state index in [0.29, 0.717) is 18.6 Å². The first-order valence-corrected chi connectivity index (χ1v) is 5.78. The van der Waals surface area contributed by atoms with Gasteiger partial charge in [0.2, 0.25) is 0 Å². The van der Waals surface area contributed by atoms with Crippen LogP contribution in [-0.4, -0.2) is 17.9 Å². The van der Waals surface area contributed by atoms with Gasteiger partial charge in [-0.1, -0.05) is 30.3 Å². The Labute approximate surface area is 98.1 Å². The van der Waals surface area contributed by atoms with Crippen molar-refractivity contribution in [3.63, 3.8) is 0 Å². The zero-order valence-electron chi connectivity index (χ0n) is 10.4. The van der Waals surface area contributed by atoms with Crippen LogP contribution in [0.4, 0.5) is 0 Å². The van der Waals surface area contributed by atoms with E-state index in [2.05, 4.69) is 26.1 Å². The lowest BCUT2D eigenvalue weighted by molar-refractivity contribution is -0.118. The Bertz CT molecular complexity index is 324. The Morgan fingerprint density at radius 2 is 1.81 bits per heavy atom. The number of benzene rings is 1. The molecule has 0 saturated carbocycles. The summed E-state index contributed by atoms with van der Waals surface area (Å²) in [4.78, 5) is 11.7. The number of hydrogen-bond donors (Lipinski definition) is 1. The van der Waals surface area contributed by atoms with E-state index in [4.69, 9.17) is 0 Å². The van der Waals surface area contributed by atoms with Crippen LogP contribution in [0.25, 0.3) is 0 Å². The van der Waals surface area contributed by atoms with E-state index < -0.39 is 0 Å². The average Bonchev–Trinajstić information content (AvgIpc) is 2.17. The number of carbonyl (C=O) groups excluding carboxylic acids is 1. The van der Waals surface area contributed by atoms with Crippen molar-refractivity contribution in [3.8, 4) is 0 Å². The summed E-state index contributed by atoms with van der Waals surface area (Å²) in [6.07, 6.45) is 1.15. The van der Waals surface area contributed by atoms with Gasteiger partial charge >= 0.3 is 0 Å². The van der Waals surface area contributed by atoms with Gasteiger partial charge in [-0.3, -0.25) is 4.79 Å². The summed E-state index contributed by atoms with van der Waals surface area (Å²) in [6, 6.07) is 9.89. The number of carbonyl (C=O) groups is 1. The zero-order valence-corrected chi connectivity index (χ0v) is 10.4. The summed E-state index contributed by atoms with van der Waals surface area (Å²) in [6.45, 7) is 7.08. The molecule has 0 aromatic heterocycles. The third-order valence-corrected chi connectivity index (χ3v) is 2.30. The maximum atomic E-state index is 11.7. The normalized spacial score (nSPS) is 11.4. The van der Waals surface area contributed by atoms with Crippen molar-refractivity contribution < 1.29 is 4.79 Å². The quantitative estimate of drug-likeness (QED) is 0.824. The summed E-state index contributed by atoms with van der Waals surface area (Å²) in [5.74, 6) is 0.294. The Morgan fingerprint density at radius 3 is 2.38 bits per heavy atom. The Morgan fingerprint density at radius 1 is 1.19 bits per heavy atom. The van der Waals surface area contributed by atoms with E-state index in [0.717, 1.165) is 12.1 Å². The van der Waals surface area contributed by atoms with Gasteiger partial charge in [0, 0.05) is 24.9 Å². The predicted octanol–water partition coefficient (Wildman–Crippen LogP) is 2.58. The van der Waals surface area contributed by atoms with E-state index in [9.17, 15) is 4.79 Å². The topological polar surface area (TPSA) is 29.1 Å². The summed E-state index contributed by atoms with van der Waals surface area (Å²) in [5, 5.41) is 3.32. The van der Waals surface area contributed by atoms with Crippen LogP contribution < -0.4 is 5.32 Å². The van der Waals surface area contributed by atoms with E-state index >= 15 is 0 Å². The van der Waals surface area contributed by atoms with Gasteiger partial charge < -0.3 is 5.32 Å². The molecule has 1 aromatic rings. The van der Waals surface area contributed by atoms with Crippen LogP contribution in [0.3, 0.4) is 0 Å². The van der Waals surface area contributed by atoms with Gasteiger partial charge in [0.25, 0.3) is 0 Å². The highest BCUT2D eigenvalue weighted by Gasteiger charge is 2.09. The lowest BCUT2D eigenvalue weighted by atomic mass is 10.1. The van der Waals surface area contributed by atoms with Crippen LogP contribution in [0.1, 0.15) is 32.8 Å². The van der Waals surface area contributed by atoms with Gasteiger partial charge in [0.05, 0.1) is 0 Å². The number of nitrogens with one attached hydrogen (secondary N) is 1. The molecule has 1 aromatic carbocycles. The molecule has 0 unspecified atom stereocenters. The highest BCUT2D eigenvalue weighted by atomic mass is 16.1. The van der Waals surface area contributed by atoms with Crippen molar-refractivity contribution in [3.05, 3.63) is 35.9 Å². The molecular weight excluding hydrogens is 198 g/mol. The van der Waals surface area contributed by atoms with Crippen molar-refractivity contribution in [2.45, 2.75) is 39.2 Å². The molecule has 0 radical (unpaired) electrons. The molecule has 88 valence electrons. The largest absolute Gasteiger partial charge is 0.312 e. The van der Waals surface area contributed by atoms with Gasteiger partial charge in [0.1, 0.15) is 5.78 Å². The molecule has 0 bridgehead atoms. The molecule has 0 aliphatic carbocycles. The fraction of sp³-hybridized carbons (Fsp3) is 0.500. The molecule has 0 fully saturated rings. The molecule has 0 spiro atoms. The summed E-state index contributed by atoms with van der Waals surface area (Å²) < 4.78 is 0. The maximum absolute atomic E-state index is 11.7. The van der Waals surface area contributed by atoms with E-state index in [1.54, 1.807) is 0 Å². The third kappa shape index (κ3) is 5.66. The number of rotatable bonds is 5. The minimum absolute atomic E-state index is 0.0903. The zero-order chi connectivity index (χ0) is 12.0. The molecular formula is C14H21NO. The minimum Gasteiger partial charge on any atom is -0.312 e.